The lowest BCUT2D eigenvalue weighted by atomic mass is 10.0. The summed E-state index contributed by atoms with van der Waals surface area (Å²) in [6.07, 6.45) is 3.32. The summed E-state index contributed by atoms with van der Waals surface area (Å²) in [4.78, 5) is 0. The van der Waals surface area contributed by atoms with Gasteiger partial charge in [0.15, 0.2) is 0 Å². The lowest BCUT2D eigenvalue weighted by Crippen LogP contribution is -2.02. The highest BCUT2D eigenvalue weighted by Gasteiger charge is 2.06. The fraction of sp³-hybridized carbons (Fsp3) is 0.100. The first-order valence-corrected chi connectivity index (χ1v) is 7.95. The minimum Gasteiger partial charge on any atom is -0.457 e. The molecule has 0 saturated heterocycles. The Hall–Kier alpha value is -3.34. The third-order valence-corrected chi connectivity index (χ3v) is 3.98. The predicted molar refractivity (Wildman–Crippen MR) is 100 cm³/mol. The summed E-state index contributed by atoms with van der Waals surface area (Å²) in [5.41, 5.74) is 10.5. The number of aryl methyl sites for hydroxylation is 1. The zero-order chi connectivity index (χ0) is 17.8. The molecule has 126 valence electrons. The number of hydrogen-bond acceptors (Lipinski definition) is 4. The summed E-state index contributed by atoms with van der Waals surface area (Å²) in [7, 11) is 0. The Labute approximate surface area is 146 Å². The van der Waals surface area contributed by atoms with Gasteiger partial charge in [-0.2, -0.15) is 5.10 Å². The van der Waals surface area contributed by atoms with Crippen molar-refractivity contribution in [2.75, 3.05) is 0 Å². The molecule has 4 N–H and O–H groups in total. The van der Waals surface area contributed by atoms with Gasteiger partial charge in [-0.25, -0.2) is 0 Å². The molecule has 0 fully saturated rings. The molecule has 0 atom stereocenters. The highest BCUT2D eigenvalue weighted by Crippen LogP contribution is 2.26. The summed E-state index contributed by atoms with van der Waals surface area (Å²) in [5, 5.41) is 15.2. The van der Waals surface area contributed by atoms with E-state index in [1.165, 1.54) is 6.20 Å². The maximum atomic E-state index is 8.04. The van der Waals surface area contributed by atoms with Crippen LogP contribution in [0.25, 0.3) is 11.3 Å². The van der Waals surface area contributed by atoms with Gasteiger partial charge < -0.3 is 10.5 Å². The van der Waals surface area contributed by atoms with Crippen LogP contribution >= 0.6 is 0 Å². The summed E-state index contributed by atoms with van der Waals surface area (Å²) in [6, 6.07) is 15.2. The second-order valence-corrected chi connectivity index (χ2v) is 5.79. The van der Waals surface area contributed by atoms with Crippen molar-refractivity contribution in [3.05, 3.63) is 77.6 Å². The number of nitrogens with two attached hydrogens (primary N) is 1. The third kappa shape index (κ3) is 3.61. The highest BCUT2D eigenvalue weighted by atomic mass is 16.5. The molecule has 0 aliphatic rings. The van der Waals surface area contributed by atoms with Crippen LogP contribution in [0.3, 0.4) is 0 Å². The lowest BCUT2D eigenvalue weighted by molar-refractivity contribution is 0.483. The van der Waals surface area contributed by atoms with Crippen molar-refractivity contribution in [3.63, 3.8) is 0 Å². The predicted octanol–water partition coefficient (Wildman–Crippen LogP) is 4.41. The van der Waals surface area contributed by atoms with Gasteiger partial charge in [0, 0.05) is 11.8 Å². The lowest BCUT2D eigenvalue weighted by Gasteiger charge is -2.08. The summed E-state index contributed by atoms with van der Waals surface area (Å²) >= 11 is 0. The Balaban J connectivity index is 1.72. The van der Waals surface area contributed by atoms with E-state index in [1.54, 1.807) is 0 Å². The van der Waals surface area contributed by atoms with E-state index in [-0.39, 0.29) is 0 Å². The summed E-state index contributed by atoms with van der Waals surface area (Å²) in [5.74, 6) is 1.47. The number of nitrogens with one attached hydrogen (secondary N) is 2. The number of aromatic nitrogens is 2. The molecule has 3 rings (SSSR count). The van der Waals surface area contributed by atoms with Gasteiger partial charge in [-0.1, -0.05) is 0 Å². The van der Waals surface area contributed by atoms with Gasteiger partial charge in [-0.05, 0) is 85.3 Å². The molecule has 0 aliphatic carbocycles. The van der Waals surface area contributed by atoms with Gasteiger partial charge in [0.25, 0.3) is 0 Å². The van der Waals surface area contributed by atoms with Gasteiger partial charge in [0.1, 0.15) is 11.5 Å². The number of ether oxygens (including phenoxy) is 1. The quantitative estimate of drug-likeness (QED) is 0.605. The van der Waals surface area contributed by atoms with Crippen LogP contribution in [0.5, 0.6) is 11.5 Å². The largest absolute Gasteiger partial charge is 0.457 e. The fourth-order valence-electron chi connectivity index (χ4n) is 2.46. The summed E-state index contributed by atoms with van der Waals surface area (Å²) in [6.45, 7) is 3.83. The molecular formula is C20H20N4O. The smallest absolute Gasteiger partial charge is 0.127 e. The minimum absolute atomic E-state index is 0.410. The van der Waals surface area contributed by atoms with E-state index < -0.39 is 0 Å². The van der Waals surface area contributed by atoms with E-state index in [0.717, 1.165) is 39.5 Å². The number of nitrogens with zero attached hydrogens (tertiary/aromatic N) is 1. The van der Waals surface area contributed by atoms with Crippen LogP contribution in [0.15, 0.2) is 66.5 Å². The molecule has 5 nitrogen and oxygen atoms in total. The molecule has 0 bridgehead atoms. The van der Waals surface area contributed by atoms with Gasteiger partial charge >= 0.3 is 0 Å². The van der Waals surface area contributed by atoms with Crippen molar-refractivity contribution in [3.8, 4) is 22.8 Å². The molecular weight excluding hydrogens is 312 g/mol. The van der Waals surface area contributed by atoms with Gasteiger partial charge in [-0.15, -0.1) is 0 Å². The van der Waals surface area contributed by atoms with Crippen molar-refractivity contribution < 1.29 is 4.74 Å². The Morgan fingerprint density at radius 1 is 1.08 bits per heavy atom. The number of allylic oxidation sites excluding steroid dienone is 1. The molecule has 2 aromatic carbocycles. The number of H-pyrrole nitrogens is 1. The van der Waals surface area contributed by atoms with E-state index in [0.29, 0.717) is 5.71 Å². The first-order valence-electron chi connectivity index (χ1n) is 7.95. The van der Waals surface area contributed by atoms with Crippen molar-refractivity contribution in [1.82, 2.24) is 10.2 Å². The van der Waals surface area contributed by atoms with Crippen LogP contribution in [0.2, 0.25) is 0 Å². The Kier molecular flexibility index (Phi) is 4.66. The SMILES string of the molecule is C/C(=C/N)C(=N)c1ccc(Oc2ccc(-c3n[nH]cc3C)cc2)cc1. The number of benzene rings is 2. The van der Waals surface area contributed by atoms with Crippen LogP contribution in [0.1, 0.15) is 18.1 Å². The molecule has 0 radical (unpaired) electrons. The minimum atomic E-state index is 0.410. The molecule has 3 aromatic rings. The van der Waals surface area contributed by atoms with E-state index in [2.05, 4.69) is 10.2 Å². The van der Waals surface area contributed by atoms with Crippen molar-refractivity contribution in [2.45, 2.75) is 13.8 Å². The average molecular weight is 332 g/mol. The molecule has 0 spiro atoms. The Morgan fingerprint density at radius 2 is 1.68 bits per heavy atom. The number of rotatable bonds is 5. The molecule has 5 heteroatoms. The molecule has 25 heavy (non-hydrogen) atoms. The molecule has 1 heterocycles. The first-order chi connectivity index (χ1) is 12.1. The maximum absolute atomic E-state index is 8.04. The van der Waals surface area contributed by atoms with E-state index in [1.807, 2.05) is 68.6 Å². The molecule has 0 unspecified atom stereocenters. The molecule has 1 aromatic heterocycles. The number of aromatic amines is 1. The van der Waals surface area contributed by atoms with Crippen LogP contribution in [0, 0.1) is 12.3 Å². The molecule has 0 aliphatic heterocycles. The van der Waals surface area contributed by atoms with Gasteiger partial charge in [-0.3, -0.25) is 10.5 Å². The second kappa shape index (κ2) is 7.05. The fourth-order valence-corrected chi connectivity index (χ4v) is 2.46. The van der Waals surface area contributed by atoms with Gasteiger partial charge in [0.05, 0.1) is 11.4 Å². The average Bonchev–Trinajstić information content (AvgIpc) is 3.07. The number of hydrogen-bond donors (Lipinski definition) is 3. The normalized spacial score (nSPS) is 11.4. The Bertz CT molecular complexity index is 906. The van der Waals surface area contributed by atoms with Crippen molar-refractivity contribution in [2.24, 2.45) is 5.73 Å². The first kappa shape index (κ1) is 16.5. The van der Waals surface area contributed by atoms with E-state index in [9.17, 15) is 0 Å². The van der Waals surface area contributed by atoms with Crippen LogP contribution in [0.4, 0.5) is 0 Å². The van der Waals surface area contributed by atoms with Gasteiger partial charge in [0.2, 0.25) is 0 Å². The van der Waals surface area contributed by atoms with Crippen LogP contribution in [-0.2, 0) is 0 Å². The van der Waals surface area contributed by atoms with E-state index in [4.69, 9.17) is 15.9 Å². The second-order valence-electron chi connectivity index (χ2n) is 5.79. The van der Waals surface area contributed by atoms with Crippen LogP contribution < -0.4 is 10.5 Å². The zero-order valence-electron chi connectivity index (χ0n) is 14.2. The van der Waals surface area contributed by atoms with Crippen LogP contribution in [-0.4, -0.2) is 15.9 Å². The zero-order valence-corrected chi connectivity index (χ0v) is 14.2. The highest BCUT2D eigenvalue weighted by molar-refractivity contribution is 6.10. The standard InChI is InChI=1S/C20H20N4O/c1-13(11-21)19(22)15-3-7-17(8-4-15)25-18-9-5-16(6-10-18)20-14(2)12-23-24-20/h3-12,22H,21H2,1-2H3,(H,23,24)/b13-11-,22-19?. The topological polar surface area (TPSA) is 87.8 Å². The monoisotopic (exact) mass is 332 g/mol. The van der Waals surface area contributed by atoms with Crippen molar-refractivity contribution >= 4 is 5.71 Å². The third-order valence-electron chi connectivity index (χ3n) is 3.98. The molecule has 0 amide bonds. The maximum Gasteiger partial charge on any atom is 0.127 e. The Morgan fingerprint density at radius 3 is 2.20 bits per heavy atom. The van der Waals surface area contributed by atoms with E-state index >= 15 is 0 Å². The molecule has 0 saturated carbocycles. The van der Waals surface area contributed by atoms with Crippen molar-refractivity contribution in [1.29, 1.82) is 5.41 Å². The summed E-state index contributed by atoms with van der Waals surface area (Å²) < 4.78 is 5.86.